The SMILES string of the molecule is CC1(C)c2cc(-c3ccc(/C=C4\C(=O)c5ccccc5C4=C(C#N)C#N)c4nsnc34)sc2-c2sc3c4c(sc3c21)-c1sc(-c2ccc(/C=C3\C(=O)c5ccccc5C3=C(C#N)C#N)c3nsnc23)cc1C4(C)C. The van der Waals surface area contributed by atoms with Crippen LogP contribution >= 0.6 is 68.8 Å². The molecule has 348 valence electrons. The average Bonchev–Trinajstić information content (AvgIpc) is 4.30. The Labute approximate surface area is 446 Å². The van der Waals surface area contributed by atoms with Crippen molar-refractivity contribution in [3.05, 3.63) is 163 Å². The third kappa shape index (κ3) is 5.84. The molecule has 0 unspecified atom stereocenters. The monoisotopic (exact) mass is 1060 g/mol. The molecular weight excluding hydrogens is 1030 g/mol. The van der Waals surface area contributed by atoms with E-state index in [0.717, 1.165) is 55.4 Å². The lowest BCUT2D eigenvalue weighted by molar-refractivity contribution is 0.103. The molecule has 0 amide bonds. The van der Waals surface area contributed by atoms with Crippen LogP contribution in [0.15, 0.2) is 107 Å². The molecule has 10 aromatic rings. The molecule has 0 spiro atoms. The fourth-order valence-electron chi connectivity index (χ4n) is 11.4. The minimum absolute atomic E-state index is 0.110. The van der Waals surface area contributed by atoms with Crippen LogP contribution in [0, 0.1) is 45.3 Å². The van der Waals surface area contributed by atoms with Crippen LogP contribution in [-0.2, 0) is 10.8 Å². The van der Waals surface area contributed by atoms with Crippen LogP contribution in [-0.4, -0.2) is 29.1 Å². The minimum Gasteiger partial charge on any atom is -0.289 e. The molecule has 0 saturated heterocycles. The van der Waals surface area contributed by atoms with Gasteiger partial charge in [-0.15, -0.1) is 45.3 Å². The van der Waals surface area contributed by atoms with Crippen LogP contribution in [0.1, 0.15) is 92.9 Å². The molecule has 16 heteroatoms. The van der Waals surface area contributed by atoms with Crippen molar-refractivity contribution in [1.82, 2.24) is 17.5 Å². The zero-order valence-corrected chi connectivity index (χ0v) is 44.0. The van der Waals surface area contributed by atoms with E-state index in [1.165, 1.54) is 51.2 Å². The zero-order valence-electron chi connectivity index (χ0n) is 39.1. The summed E-state index contributed by atoms with van der Waals surface area (Å²) in [7, 11) is 0. The number of hydrogen-bond donors (Lipinski definition) is 0. The van der Waals surface area contributed by atoms with E-state index in [-0.39, 0.29) is 33.5 Å². The van der Waals surface area contributed by atoms with Crippen LogP contribution in [0.5, 0.6) is 0 Å². The minimum atomic E-state index is -0.277. The van der Waals surface area contributed by atoms with E-state index >= 15 is 0 Å². The van der Waals surface area contributed by atoms with Crippen molar-refractivity contribution in [1.29, 1.82) is 21.0 Å². The summed E-state index contributed by atoms with van der Waals surface area (Å²) in [5.74, 6) is -0.473. The summed E-state index contributed by atoms with van der Waals surface area (Å²) >= 11 is 9.59. The van der Waals surface area contributed by atoms with Crippen molar-refractivity contribution in [3.63, 3.8) is 0 Å². The molecule has 0 atom stereocenters. The largest absolute Gasteiger partial charge is 0.289 e. The Balaban J connectivity index is 0.819. The summed E-state index contributed by atoms with van der Waals surface area (Å²) in [6.45, 7) is 9.32. The van der Waals surface area contributed by atoms with E-state index < -0.39 is 0 Å². The second-order valence-electron chi connectivity index (χ2n) is 19.4. The maximum atomic E-state index is 13.8. The highest BCUT2D eigenvalue weighted by molar-refractivity contribution is 7.35. The first-order chi connectivity index (χ1) is 35.9. The maximum Gasteiger partial charge on any atom is 0.194 e. The van der Waals surface area contributed by atoms with Gasteiger partial charge >= 0.3 is 0 Å². The molecule has 4 aliphatic rings. The fourth-order valence-corrected chi connectivity index (χ4v) is 19.0. The molecule has 0 aliphatic heterocycles. The Bertz CT molecular complexity index is 4330. The summed E-state index contributed by atoms with van der Waals surface area (Å²) < 4.78 is 21.7. The molecule has 0 saturated carbocycles. The van der Waals surface area contributed by atoms with Gasteiger partial charge in [0.2, 0.25) is 0 Å². The van der Waals surface area contributed by atoms with Gasteiger partial charge in [-0.05, 0) is 57.7 Å². The standard InChI is InChI=1S/C58H28N8O2S6/c1-57(2)37-19-39(33-15-13-25(45-47(33)65-73-63-45)17-35-41(27(21-59)22-60)29-9-5-7-11-31(29)49(35)67)69-51(37)53-43(57)55-56(71-53)44-54(72-55)52-38(58(44,3)4)20-40(70-52)34-16-14-26(46-48(34)66-74-64-46)18-36-42(28(23-61)24-62)30-10-6-8-12-32(30)50(36)68/h5-20H,1-4H3/b35-17-,36-18-. The van der Waals surface area contributed by atoms with Gasteiger partial charge in [-0.25, -0.2) is 0 Å². The number of nitrogens with zero attached hydrogens (tertiary/aromatic N) is 8. The number of nitriles is 4. The topological polar surface area (TPSA) is 181 Å². The zero-order chi connectivity index (χ0) is 50.7. The smallest absolute Gasteiger partial charge is 0.194 e. The molecule has 10 nitrogen and oxygen atoms in total. The highest BCUT2D eigenvalue weighted by Crippen LogP contribution is 2.66. The summed E-state index contributed by atoms with van der Waals surface area (Å²) in [6.07, 6.45) is 3.49. The molecule has 14 rings (SSSR count). The lowest BCUT2D eigenvalue weighted by atomic mass is 9.81. The number of benzene rings is 4. The van der Waals surface area contributed by atoms with Crippen molar-refractivity contribution in [3.8, 4) is 64.7 Å². The third-order valence-corrected chi connectivity index (χ3v) is 21.1. The molecular formula is C58H28N8O2S6. The van der Waals surface area contributed by atoms with Crippen molar-refractivity contribution in [2.75, 3.05) is 0 Å². The average molecular weight is 1060 g/mol. The molecule has 4 aliphatic carbocycles. The number of Topliss-reactive ketones (excluding diaryl/α,β-unsaturated/α-hetero) is 2. The van der Waals surface area contributed by atoms with Gasteiger partial charge in [0.1, 0.15) is 57.5 Å². The number of rotatable bonds is 4. The number of ketones is 2. The van der Waals surface area contributed by atoms with Crippen LogP contribution < -0.4 is 0 Å². The number of thiophene rings is 4. The number of allylic oxidation sites excluding steroid dienone is 6. The molecule has 6 aromatic heterocycles. The van der Waals surface area contributed by atoms with Crippen LogP contribution in [0.2, 0.25) is 0 Å². The van der Waals surface area contributed by atoms with Gasteiger partial charge in [0.05, 0.1) is 42.6 Å². The lowest BCUT2D eigenvalue weighted by Crippen LogP contribution is -2.15. The number of carbonyl (C=O) groups excluding carboxylic acids is 2. The van der Waals surface area contributed by atoms with Gasteiger partial charge in [0, 0.05) is 86.0 Å². The van der Waals surface area contributed by atoms with Crippen molar-refractivity contribution >= 4 is 135 Å². The molecule has 74 heavy (non-hydrogen) atoms. The lowest BCUT2D eigenvalue weighted by Gasteiger charge is -2.21. The normalized spacial score (nSPS) is 16.3. The number of aromatic nitrogens is 4. The number of carbonyl (C=O) groups is 2. The highest BCUT2D eigenvalue weighted by atomic mass is 32.1. The Morgan fingerprint density at radius 3 is 1.24 bits per heavy atom. The number of hydrogen-bond acceptors (Lipinski definition) is 16. The van der Waals surface area contributed by atoms with Gasteiger partial charge in [0.25, 0.3) is 0 Å². The first-order valence-corrected chi connectivity index (χ1v) is 27.8. The van der Waals surface area contributed by atoms with E-state index in [9.17, 15) is 30.6 Å². The molecule has 0 radical (unpaired) electrons. The molecule has 4 aromatic carbocycles. The van der Waals surface area contributed by atoms with Crippen LogP contribution in [0.3, 0.4) is 0 Å². The molecule has 0 fully saturated rings. The second-order valence-corrected chi connectivity index (χ2v) is 24.6. The van der Waals surface area contributed by atoms with E-state index in [1.54, 1.807) is 83.4 Å². The van der Waals surface area contributed by atoms with Crippen molar-refractivity contribution in [2.45, 2.75) is 38.5 Å². The molecule has 0 N–H and O–H groups in total. The van der Waals surface area contributed by atoms with E-state index in [2.05, 4.69) is 39.8 Å². The molecule has 6 heterocycles. The van der Waals surface area contributed by atoms with E-state index in [1.807, 2.05) is 71.2 Å². The Morgan fingerprint density at radius 2 is 0.851 bits per heavy atom. The summed E-state index contributed by atoms with van der Waals surface area (Å²) in [5, 5.41) is 39.6. The Kier molecular flexibility index (Phi) is 9.43. The third-order valence-electron chi connectivity index (χ3n) is 14.9. The number of fused-ring (bicyclic) bond motifs is 13. The summed E-state index contributed by atoms with van der Waals surface area (Å²) in [5.41, 5.74) is 14.0. The predicted molar refractivity (Wildman–Crippen MR) is 297 cm³/mol. The highest BCUT2D eigenvalue weighted by Gasteiger charge is 2.47. The van der Waals surface area contributed by atoms with E-state index in [0.29, 0.717) is 66.7 Å². The van der Waals surface area contributed by atoms with Crippen LogP contribution in [0.25, 0.3) is 95.2 Å². The van der Waals surface area contributed by atoms with Gasteiger partial charge in [-0.1, -0.05) is 100 Å². The quantitative estimate of drug-likeness (QED) is 0.121. The van der Waals surface area contributed by atoms with Gasteiger partial charge in [0.15, 0.2) is 11.6 Å². The van der Waals surface area contributed by atoms with Crippen molar-refractivity contribution in [2.24, 2.45) is 0 Å². The van der Waals surface area contributed by atoms with Crippen molar-refractivity contribution < 1.29 is 9.59 Å². The van der Waals surface area contributed by atoms with Gasteiger partial charge in [-0.2, -0.15) is 38.5 Å². The van der Waals surface area contributed by atoms with Gasteiger partial charge in [-0.3, -0.25) is 9.59 Å². The van der Waals surface area contributed by atoms with Crippen LogP contribution in [0.4, 0.5) is 0 Å². The first-order valence-electron chi connectivity index (χ1n) is 23.1. The predicted octanol–water partition coefficient (Wildman–Crippen LogP) is 15.2. The first kappa shape index (κ1) is 44.5. The Morgan fingerprint density at radius 1 is 0.473 bits per heavy atom. The van der Waals surface area contributed by atoms with Gasteiger partial charge < -0.3 is 0 Å². The Hall–Kier alpha value is -8.16. The summed E-state index contributed by atoms with van der Waals surface area (Å²) in [6, 6.07) is 34.8. The molecule has 0 bridgehead atoms. The maximum absolute atomic E-state index is 13.8. The summed E-state index contributed by atoms with van der Waals surface area (Å²) in [4.78, 5) is 34.9. The fraction of sp³-hybridized carbons (Fsp3) is 0.103. The van der Waals surface area contributed by atoms with E-state index in [4.69, 9.17) is 17.5 Å². The second kappa shape index (κ2) is 15.7.